The van der Waals surface area contributed by atoms with Gasteiger partial charge in [0.05, 0.1) is 5.69 Å². The zero-order chi connectivity index (χ0) is 18.6. The molecular weight excluding hydrogens is 358 g/mol. The summed E-state index contributed by atoms with van der Waals surface area (Å²) in [5.41, 5.74) is 3.16. The summed E-state index contributed by atoms with van der Waals surface area (Å²) in [5, 5.41) is 3.58. The first-order valence-electron chi connectivity index (χ1n) is 8.48. The third-order valence-corrected chi connectivity index (χ3v) is 4.40. The lowest BCUT2D eigenvalue weighted by Gasteiger charge is -2.05. The lowest BCUT2D eigenvalue weighted by atomic mass is 10.1. The van der Waals surface area contributed by atoms with Crippen molar-refractivity contribution in [1.29, 1.82) is 0 Å². The first-order chi connectivity index (χ1) is 13.2. The molecule has 0 unspecified atom stereocenters. The van der Waals surface area contributed by atoms with Gasteiger partial charge in [-0.1, -0.05) is 60.1 Å². The normalized spacial score (nSPS) is 10.6. The van der Waals surface area contributed by atoms with Gasteiger partial charge in [0.2, 0.25) is 0 Å². The molecule has 0 saturated heterocycles. The molecule has 0 bridgehead atoms. The van der Waals surface area contributed by atoms with Gasteiger partial charge in [-0.25, -0.2) is 4.98 Å². The van der Waals surface area contributed by atoms with Crippen molar-refractivity contribution >= 4 is 23.3 Å². The summed E-state index contributed by atoms with van der Waals surface area (Å²) in [6.45, 7) is 0. The van der Waals surface area contributed by atoms with Gasteiger partial charge in [0.25, 0.3) is 5.91 Å². The fourth-order valence-corrected chi connectivity index (χ4v) is 2.92. The second-order valence-corrected chi connectivity index (χ2v) is 6.44. The summed E-state index contributed by atoms with van der Waals surface area (Å²) in [4.78, 5) is 20.5. The number of rotatable bonds is 4. The van der Waals surface area contributed by atoms with Crippen molar-refractivity contribution < 1.29 is 4.79 Å². The van der Waals surface area contributed by atoms with E-state index in [0.717, 1.165) is 16.8 Å². The number of H-pyrrole nitrogens is 1. The molecule has 1 amide bonds. The maximum atomic E-state index is 12.6. The molecule has 5 heteroatoms. The van der Waals surface area contributed by atoms with E-state index in [2.05, 4.69) is 15.3 Å². The number of halogens is 1. The molecule has 3 aromatic carbocycles. The van der Waals surface area contributed by atoms with Gasteiger partial charge < -0.3 is 10.3 Å². The Hall–Kier alpha value is -3.37. The molecule has 0 aliphatic heterocycles. The number of anilines is 1. The number of hydrogen-bond donors (Lipinski definition) is 2. The van der Waals surface area contributed by atoms with Crippen molar-refractivity contribution in [3.8, 4) is 22.6 Å². The molecule has 0 aliphatic carbocycles. The van der Waals surface area contributed by atoms with Crippen LogP contribution in [0.1, 0.15) is 10.4 Å². The molecular formula is C22H16ClN3O. The Balaban J connectivity index is 1.74. The molecule has 4 nitrogen and oxygen atoms in total. The van der Waals surface area contributed by atoms with Gasteiger partial charge in [0, 0.05) is 21.7 Å². The van der Waals surface area contributed by atoms with Crippen molar-refractivity contribution in [2.75, 3.05) is 5.32 Å². The SMILES string of the molecule is O=C(Nc1nc(-c2ccc(Cl)cc2)[nH]c1-c1ccccc1)c1ccccc1. The van der Waals surface area contributed by atoms with Gasteiger partial charge in [-0.2, -0.15) is 0 Å². The van der Waals surface area contributed by atoms with Crippen molar-refractivity contribution in [1.82, 2.24) is 9.97 Å². The van der Waals surface area contributed by atoms with E-state index in [1.165, 1.54) is 0 Å². The Labute approximate surface area is 161 Å². The monoisotopic (exact) mass is 373 g/mol. The van der Waals surface area contributed by atoms with E-state index in [1.807, 2.05) is 72.8 Å². The van der Waals surface area contributed by atoms with Crippen molar-refractivity contribution in [3.05, 3.63) is 95.5 Å². The number of benzene rings is 3. The molecule has 132 valence electrons. The number of hydrogen-bond acceptors (Lipinski definition) is 2. The molecule has 0 aliphatic rings. The van der Waals surface area contributed by atoms with Crippen LogP contribution in [0.3, 0.4) is 0 Å². The van der Waals surface area contributed by atoms with Crippen LogP contribution in [-0.4, -0.2) is 15.9 Å². The summed E-state index contributed by atoms with van der Waals surface area (Å²) in [6, 6.07) is 26.2. The fraction of sp³-hybridized carbons (Fsp3) is 0. The van der Waals surface area contributed by atoms with Crippen LogP contribution in [0.2, 0.25) is 5.02 Å². The zero-order valence-electron chi connectivity index (χ0n) is 14.3. The second-order valence-electron chi connectivity index (χ2n) is 6.00. The minimum atomic E-state index is -0.207. The smallest absolute Gasteiger partial charge is 0.256 e. The lowest BCUT2D eigenvalue weighted by Crippen LogP contribution is -2.12. The van der Waals surface area contributed by atoms with E-state index in [4.69, 9.17) is 11.6 Å². The topological polar surface area (TPSA) is 57.8 Å². The van der Waals surface area contributed by atoms with Crippen LogP contribution in [-0.2, 0) is 0 Å². The number of amides is 1. The van der Waals surface area contributed by atoms with Gasteiger partial charge in [-0.05, 0) is 36.4 Å². The molecule has 0 spiro atoms. The summed E-state index contributed by atoms with van der Waals surface area (Å²) in [7, 11) is 0. The molecule has 0 fully saturated rings. The molecule has 4 aromatic rings. The van der Waals surface area contributed by atoms with E-state index in [0.29, 0.717) is 22.2 Å². The minimum absolute atomic E-state index is 0.207. The molecule has 27 heavy (non-hydrogen) atoms. The van der Waals surface area contributed by atoms with E-state index in [-0.39, 0.29) is 5.91 Å². The first-order valence-corrected chi connectivity index (χ1v) is 8.86. The average Bonchev–Trinajstić information content (AvgIpc) is 3.13. The molecule has 1 aromatic heterocycles. The molecule has 2 N–H and O–H groups in total. The molecule has 0 atom stereocenters. The Kier molecular flexibility index (Phi) is 4.73. The summed E-state index contributed by atoms with van der Waals surface area (Å²) >= 11 is 5.98. The standard InChI is InChI=1S/C22H16ClN3O/c23-18-13-11-16(12-14-18)20-24-19(15-7-3-1-4-8-15)21(25-20)26-22(27)17-9-5-2-6-10-17/h1-14H,(H,24,25)(H,26,27). The predicted molar refractivity (Wildman–Crippen MR) is 109 cm³/mol. The maximum absolute atomic E-state index is 12.6. The van der Waals surface area contributed by atoms with Gasteiger partial charge >= 0.3 is 0 Å². The Bertz CT molecular complexity index is 1060. The highest BCUT2D eigenvalue weighted by Crippen LogP contribution is 2.30. The predicted octanol–water partition coefficient (Wildman–Crippen LogP) is 5.65. The Morgan fingerprint density at radius 1 is 0.815 bits per heavy atom. The number of aromatic amines is 1. The molecule has 0 radical (unpaired) electrons. The zero-order valence-corrected chi connectivity index (χ0v) is 15.1. The van der Waals surface area contributed by atoms with E-state index < -0.39 is 0 Å². The number of aromatic nitrogens is 2. The number of carbonyl (C=O) groups is 1. The Morgan fingerprint density at radius 2 is 1.44 bits per heavy atom. The van der Waals surface area contributed by atoms with E-state index in [1.54, 1.807) is 12.1 Å². The summed E-state index contributed by atoms with van der Waals surface area (Å²) in [6.07, 6.45) is 0. The fourth-order valence-electron chi connectivity index (χ4n) is 2.79. The highest BCUT2D eigenvalue weighted by molar-refractivity contribution is 6.30. The van der Waals surface area contributed by atoms with Crippen LogP contribution in [0.4, 0.5) is 5.82 Å². The van der Waals surface area contributed by atoms with Gasteiger partial charge in [-0.15, -0.1) is 0 Å². The second kappa shape index (κ2) is 7.48. The third-order valence-electron chi connectivity index (χ3n) is 4.15. The number of nitrogens with one attached hydrogen (secondary N) is 2. The van der Waals surface area contributed by atoms with E-state index in [9.17, 15) is 4.79 Å². The number of imidazole rings is 1. The van der Waals surface area contributed by atoms with Crippen LogP contribution in [0.5, 0.6) is 0 Å². The average molecular weight is 374 g/mol. The van der Waals surface area contributed by atoms with Crippen LogP contribution >= 0.6 is 11.6 Å². The van der Waals surface area contributed by atoms with Gasteiger partial charge in [-0.3, -0.25) is 4.79 Å². The number of carbonyl (C=O) groups excluding carboxylic acids is 1. The minimum Gasteiger partial charge on any atom is -0.336 e. The number of nitrogens with zero attached hydrogens (tertiary/aromatic N) is 1. The van der Waals surface area contributed by atoms with Crippen LogP contribution in [0, 0.1) is 0 Å². The van der Waals surface area contributed by atoms with Crippen molar-refractivity contribution in [3.63, 3.8) is 0 Å². The third kappa shape index (κ3) is 3.76. The largest absolute Gasteiger partial charge is 0.336 e. The van der Waals surface area contributed by atoms with Crippen LogP contribution < -0.4 is 5.32 Å². The van der Waals surface area contributed by atoms with Crippen LogP contribution in [0.25, 0.3) is 22.6 Å². The molecule has 4 rings (SSSR count). The molecule has 1 heterocycles. The summed E-state index contributed by atoms with van der Waals surface area (Å²) < 4.78 is 0. The Morgan fingerprint density at radius 3 is 2.11 bits per heavy atom. The highest BCUT2D eigenvalue weighted by atomic mass is 35.5. The van der Waals surface area contributed by atoms with E-state index >= 15 is 0 Å². The molecule has 0 saturated carbocycles. The quantitative estimate of drug-likeness (QED) is 0.485. The summed E-state index contributed by atoms with van der Waals surface area (Å²) in [5.74, 6) is 0.941. The highest BCUT2D eigenvalue weighted by Gasteiger charge is 2.16. The lowest BCUT2D eigenvalue weighted by molar-refractivity contribution is 0.102. The maximum Gasteiger partial charge on any atom is 0.256 e. The first kappa shape index (κ1) is 17.1. The van der Waals surface area contributed by atoms with Gasteiger partial charge in [0.1, 0.15) is 5.82 Å². The van der Waals surface area contributed by atoms with Crippen LogP contribution in [0.15, 0.2) is 84.9 Å². The van der Waals surface area contributed by atoms with Gasteiger partial charge in [0.15, 0.2) is 5.82 Å². The van der Waals surface area contributed by atoms with Crippen molar-refractivity contribution in [2.24, 2.45) is 0 Å². The van der Waals surface area contributed by atoms with Crippen molar-refractivity contribution in [2.45, 2.75) is 0 Å².